The lowest BCUT2D eigenvalue weighted by Gasteiger charge is -2.13. The number of esters is 2. The fraction of sp³-hybridized carbons (Fsp3) is 0.300. The van der Waals surface area contributed by atoms with Crippen molar-refractivity contribution in [1.29, 1.82) is 0 Å². The lowest BCUT2D eigenvalue weighted by atomic mass is 10.2. The average molecular weight is 355 g/mol. The molecular formula is C20H21NO5. The highest BCUT2D eigenvalue weighted by Crippen LogP contribution is 2.19. The lowest BCUT2D eigenvalue weighted by Crippen LogP contribution is -2.31. The van der Waals surface area contributed by atoms with Gasteiger partial charge in [-0.1, -0.05) is 30.3 Å². The standard InChI is InChI=1S/C20H21NO5/c1-24-20(23)18-11-17(12-21-18)26-16-9-7-15(8-10-16)19(22)25-13-14-5-3-2-4-6-14/h2-10,17-18,21H,11-13H2,1H3. The number of hydrogen-bond acceptors (Lipinski definition) is 6. The van der Waals surface area contributed by atoms with E-state index in [4.69, 9.17) is 14.2 Å². The summed E-state index contributed by atoms with van der Waals surface area (Å²) in [5, 5.41) is 3.07. The van der Waals surface area contributed by atoms with E-state index in [9.17, 15) is 9.59 Å². The molecule has 2 unspecified atom stereocenters. The monoisotopic (exact) mass is 355 g/mol. The zero-order chi connectivity index (χ0) is 18.4. The summed E-state index contributed by atoms with van der Waals surface area (Å²) in [7, 11) is 1.37. The predicted octanol–water partition coefficient (Wildman–Crippen LogP) is 2.33. The Kier molecular flexibility index (Phi) is 5.86. The van der Waals surface area contributed by atoms with E-state index in [0.29, 0.717) is 24.3 Å². The SMILES string of the molecule is COC(=O)C1CC(Oc2ccc(C(=O)OCc3ccccc3)cc2)CN1. The molecule has 0 radical (unpaired) electrons. The molecule has 2 aromatic carbocycles. The summed E-state index contributed by atoms with van der Waals surface area (Å²) in [5.74, 6) is -0.0248. The Morgan fingerprint density at radius 1 is 1.08 bits per heavy atom. The van der Waals surface area contributed by atoms with Crippen molar-refractivity contribution < 1.29 is 23.8 Å². The van der Waals surface area contributed by atoms with E-state index in [0.717, 1.165) is 5.56 Å². The van der Waals surface area contributed by atoms with Crippen LogP contribution in [0, 0.1) is 0 Å². The molecule has 0 aliphatic carbocycles. The van der Waals surface area contributed by atoms with Crippen LogP contribution in [0.15, 0.2) is 54.6 Å². The molecule has 0 amide bonds. The second kappa shape index (κ2) is 8.49. The molecule has 0 bridgehead atoms. The predicted molar refractivity (Wildman–Crippen MR) is 94.8 cm³/mol. The Morgan fingerprint density at radius 2 is 1.81 bits per heavy atom. The maximum atomic E-state index is 12.1. The third-order valence-electron chi connectivity index (χ3n) is 4.18. The number of benzene rings is 2. The highest BCUT2D eigenvalue weighted by atomic mass is 16.5. The maximum absolute atomic E-state index is 12.1. The first kappa shape index (κ1) is 17.9. The molecule has 0 spiro atoms. The van der Waals surface area contributed by atoms with Crippen molar-refractivity contribution in [3.8, 4) is 5.75 Å². The number of hydrogen-bond donors (Lipinski definition) is 1. The van der Waals surface area contributed by atoms with Crippen LogP contribution in [0.2, 0.25) is 0 Å². The summed E-state index contributed by atoms with van der Waals surface area (Å²) in [4.78, 5) is 23.6. The van der Waals surface area contributed by atoms with Crippen LogP contribution in [0.25, 0.3) is 0 Å². The van der Waals surface area contributed by atoms with Gasteiger partial charge >= 0.3 is 11.9 Å². The van der Waals surface area contributed by atoms with Crippen molar-refractivity contribution in [1.82, 2.24) is 5.32 Å². The summed E-state index contributed by atoms with van der Waals surface area (Å²) in [6.45, 7) is 0.807. The number of carbonyl (C=O) groups excluding carboxylic acids is 2. The van der Waals surface area contributed by atoms with E-state index in [1.807, 2.05) is 30.3 Å². The molecule has 1 heterocycles. The first-order valence-corrected chi connectivity index (χ1v) is 8.44. The van der Waals surface area contributed by atoms with Gasteiger partial charge in [-0.05, 0) is 29.8 Å². The van der Waals surface area contributed by atoms with Crippen LogP contribution in [-0.4, -0.2) is 37.7 Å². The van der Waals surface area contributed by atoms with Crippen LogP contribution in [0.4, 0.5) is 0 Å². The summed E-state index contributed by atoms with van der Waals surface area (Å²) in [6, 6.07) is 16.0. The van der Waals surface area contributed by atoms with Crippen molar-refractivity contribution in [3.05, 3.63) is 65.7 Å². The van der Waals surface area contributed by atoms with E-state index in [1.165, 1.54) is 7.11 Å². The molecule has 3 rings (SSSR count). The molecule has 136 valence electrons. The van der Waals surface area contributed by atoms with Gasteiger partial charge in [0, 0.05) is 13.0 Å². The highest BCUT2D eigenvalue weighted by Gasteiger charge is 2.31. The molecular weight excluding hydrogens is 334 g/mol. The van der Waals surface area contributed by atoms with E-state index < -0.39 is 0 Å². The highest BCUT2D eigenvalue weighted by molar-refractivity contribution is 5.89. The van der Waals surface area contributed by atoms with Crippen molar-refractivity contribution in [3.63, 3.8) is 0 Å². The van der Waals surface area contributed by atoms with Crippen LogP contribution in [0.1, 0.15) is 22.3 Å². The fourth-order valence-electron chi connectivity index (χ4n) is 2.78. The number of ether oxygens (including phenoxy) is 3. The zero-order valence-electron chi connectivity index (χ0n) is 14.5. The van der Waals surface area contributed by atoms with Gasteiger partial charge < -0.3 is 19.5 Å². The number of nitrogens with one attached hydrogen (secondary N) is 1. The van der Waals surface area contributed by atoms with Crippen molar-refractivity contribution in [2.75, 3.05) is 13.7 Å². The van der Waals surface area contributed by atoms with Crippen molar-refractivity contribution >= 4 is 11.9 Å². The molecule has 1 aliphatic rings. The molecule has 26 heavy (non-hydrogen) atoms. The number of rotatable bonds is 6. The van der Waals surface area contributed by atoms with Gasteiger partial charge in [-0.2, -0.15) is 0 Å². The Hall–Kier alpha value is -2.86. The first-order valence-electron chi connectivity index (χ1n) is 8.44. The minimum Gasteiger partial charge on any atom is -0.489 e. The second-order valence-electron chi connectivity index (χ2n) is 6.05. The summed E-state index contributed by atoms with van der Waals surface area (Å²) in [6.07, 6.45) is 0.433. The van der Waals surface area contributed by atoms with E-state index in [2.05, 4.69) is 5.32 Å². The Labute approximate surface area is 152 Å². The molecule has 0 saturated carbocycles. The minimum absolute atomic E-state index is 0.116. The molecule has 2 atom stereocenters. The zero-order valence-corrected chi connectivity index (χ0v) is 14.5. The van der Waals surface area contributed by atoms with Crippen LogP contribution >= 0.6 is 0 Å². The molecule has 1 saturated heterocycles. The summed E-state index contributed by atoms with van der Waals surface area (Å²) >= 11 is 0. The van der Waals surface area contributed by atoms with Gasteiger partial charge in [0.1, 0.15) is 24.5 Å². The molecule has 1 aliphatic heterocycles. The minimum atomic E-state index is -0.381. The number of methoxy groups -OCH3 is 1. The van der Waals surface area contributed by atoms with E-state index in [1.54, 1.807) is 24.3 Å². The summed E-state index contributed by atoms with van der Waals surface area (Å²) in [5.41, 5.74) is 1.40. The summed E-state index contributed by atoms with van der Waals surface area (Å²) < 4.78 is 15.9. The molecule has 1 fully saturated rings. The number of carbonyl (C=O) groups is 2. The van der Waals surface area contributed by atoms with E-state index in [-0.39, 0.29) is 30.7 Å². The quantitative estimate of drug-likeness (QED) is 0.802. The van der Waals surface area contributed by atoms with Gasteiger partial charge in [0.2, 0.25) is 0 Å². The molecule has 6 nitrogen and oxygen atoms in total. The van der Waals surface area contributed by atoms with Crippen LogP contribution in [0.5, 0.6) is 5.75 Å². The lowest BCUT2D eigenvalue weighted by molar-refractivity contribution is -0.142. The topological polar surface area (TPSA) is 73.9 Å². The van der Waals surface area contributed by atoms with Crippen LogP contribution in [0.3, 0.4) is 0 Å². The maximum Gasteiger partial charge on any atom is 0.338 e. The molecule has 1 N–H and O–H groups in total. The Bertz CT molecular complexity index is 745. The first-order chi connectivity index (χ1) is 12.7. The van der Waals surface area contributed by atoms with Gasteiger partial charge in [0.25, 0.3) is 0 Å². The van der Waals surface area contributed by atoms with E-state index >= 15 is 0 Å². The molecule has 0 aromatic heterocycles. The molecule has 2 aromatic rings. The van der Waals surface area contributed by atoms with Gasteiger partial charge in [0.15, 0.2) is 0 Å². The average Bonchev–Trinajstić information content (AvgIpc) is 3.15. The van der Waals surface area contributed by atoms with Gasteiger partial charge in [-0.15, -0.1) is 0 Å². The van der Waals surface area contributed by atoms with Crippen LogP contribution < -0.4 is 10.1 Å². The van der Waals surface area contributed by atoms with Crippen molar-refractivity contribution in [2.24, 2.45) is 0 Å². The van der Waals surface area contributed by atoms with Gasteiger partial charge in [-0.3, -0.25) is 4.79 Å². The Balaban J connectivity index is 1.50. The normalized spacial score (nSPS) is 19.0. The molecule has 6 heteroatoms. The largest absolute Gasteiger partial charge is 0.489 e. The fourth-order valence-corrected chi connectivity index (χ4v) is 2.78. The van der Waals surface area contributed by atoms with Gasteiger partial charge in [0.05, 0.1) is 12.7 Å². The smallest absolute Gasteiger partial charge is 0.338 e. The third-order valence-corrected chi connectivity index (χ3v) is 4.18. The van der Waals surface area contributed by atoms with Gasteiger partial charge in [-0.25, -0.2) is 4.79 Å². The second-order valence-corrected chi connectivity index (χ2v) is 6.05. The van der Waals surface area contributed by atoms with Crippen LogP contribution in [-0.2, 0) is 20.9 Å². The Morgan fingerprint density at radius 3 is 2.50 bits per heavy atom. The third kappa shape index (κ3) is 4.61. The van der Waals surface area contributed by atoms with Crippen molar-refractivity contribution in [2.45, 2.75) is 25.2 Å².